The van der Waals surface area contributed by atoms with Crippen LogP contribution in [0.15, 0.2) is 59.6 Å². The van der Waals surface area contributed by atoms with Crippen molar-refractivity contribution in [2.24, 2.45) is 16.6 Å². The van der Waals surface area contributed by atoms with Crippen molar-refractivity contribution >= 4 is 11.6 Å². The number of rotatable bonds is 10. The molecule has 2 aromatic carbocycles. The number of methoxy groups -OCH3 is 1. The lowest BCUT2D eigenvalue weighted by atomic mass is 9.90. The van der Waals surface area contributed by atoms with Crippen LogP contribution in [0.1, 0.15) is 36.8 Å². The lowest BCUT2D eigenvalue weighted by Gasteiger charge is -2.32. The number of guanidine groups is 1. The molecule has 3 N–H and O–H groups in total. The Labute approximate surface area is 181 Å². The molecule has 162 valence electrons. The van der Waals surface area contributed by atoms with Crippen LogP contribution < -0.4 is 11.1 Å². The minimum atomic E-state index is 0.472. The second-order valence-corrected chi connectivity index (χ2v) is 8.16. The SMILES string of the molecule is COCc1ccccc1NC(N)=NCCCCN1CCC(Cc2ccccc2)CC1. The van der Waals surface area contributed by atoms with Crippen LogP contribution in [0.5, 0.6) is 0 Å². The van der Waals surface area contributed by atoms with Gasteiger partial charge in [-0.1, -0.05) is 48.5 Å². The maximum atomic E-state index is 6.06. The number of nitrogens with zero attached hydrogens (tertiary/aromatic N) is 2. The third kappa shape index (κ3) is 7.47. The van der Waals surface area contributed by atoms with Gasteiger partial charge in [-0.2, -0.15) is 0 Å². The van der Waals surface area contributed by atoms with Crippen LogP contribution in [0.2, 0.25) is 0 Å². The number of likely N-dealkylation sites (tertiary alicyclic amines) is 1. The molecule has 30 heavy (non-hydrogen) atoms. The Hall–Kier alpha value is -2.37. The molecule has 2 aromatic rings. The van der Waals surface area contributed by atoms with Crippen LogP contribution in [-0.2, 0) is 17.8 Å². The predicted octanol–water partition coefficient (Wildman–Crippen LogP) is 4.29. The fraction of sp³-hybridized carbons (Fsp3) is 0.480. The Morgan fingerprint density at radius 2 is 1.80 bits per heavy atom. The van der Waals surface area contributed by atoms with Crippen molar-refractivity contribution in [1.82, 2.24) is 4.90 Å². The minimum absolute atomic E-state index is 0.472. The van der Waals surface area contributed by atoms with E-state index in [9.17, 15) is 0 Å². The Balaban J connectivity index is 1.30. The van der Waals surface area contributed by atoms with E-state index >= 15 is 0 Å². The molecule has 1 aliphatic heterocycles. The van der Waals surface area contributed by atoms with Gasteiger partial charge in [0.1, 0.15) is 0 Å². The number of unbranched alkanes of at least 4 members (excludes halogenated alkanes) is 1. The minimum Gasteiger partial charge on any atom is -0.380 e. The highest BCUT2D eigenvalue weighted by atomic mass is 16.5. The lowest BCUT2D eigenvalue weighted by molar-refractivity contribution is 0.181. The normalized spacial score (nSPS) is 16.0. The van der Waals surface area contributed by atoms with Crippen molar-refractivity contribution in [3.8, 4) is 0 Å². The summed E-state index contributed by atoms with van der Waals surface area (Å²) in [6, 6.07) is 18.9. The molecule has 0 aromatic heterocycles. The molecule has 1 aliphatic rings. The summed E-state index contributed by atoms with van der Waals surface area (Å²) in [5.74, 6) is 1.31. The molecule has 0 unspecified atom stereocenters. The molecule has 0 radical (unpaired) electrons. The molecular formula is C25H36N4O. The van der Waals surface area contributed by atoms with Crippen molar-refractivity contribution in [3.05, 3.63) is 65.7 Å². The highest BCUT2D eigenvalue weighted by molar-refractivity contribution is 5.92. The van der Waals surface area contributed by atoms with Gasteiger partial charge in [0.25, 0.3) is 0 Å². The number of piperidine rings is 1. The number of nitrogens with two attached hydrogens (primary N) is 1. The van der Waals surface area contributed by atoms with Crippen molar-refractivity contribution in [2.75, 3.05) is 38.6 Å². The van der Waals surface area contributed by atoms with Crippen molar-refractivity contribution < 1.29 is 4.74 Å². The number of aliphatic imine (C=N–C) groups is 1. The first kappa shape index (κ1) is 22.3. The van der Waals surface area contributed by atoms with E-state index in [4.69, 9.17) is 10.5 Å². The lowest BCUT2D eigenvalue weighted by Crippen LogP contribution is -2.35. The number of ether oxygens (including phenoxy) is 1. The van der Waals surface area contributed by atoms with E-state index in [-0.39, 0.29) is 0 Å². The second kappa shape index (κ2) is 12.4. The van der Waals surface area contributed by atoms with Crippen LogP contribution in [-0.4, -0.2) is 44.1 Å². The number of para-hydroxylation sites is 1. The van der Waals surface area contributed by atoms with Crippen LogP contribution in [0.4, 0.5) is 5.69 Å². The van der Waals surface area contributed by atoms with Crippen LogP contribution in [0.3, 0.4) is 0 Å². The van der Waals surface area contributed by atoms with Gasteiger partial charge < -0.3 is 20.7 Å². The first-order valence-electron chi connectivity index (χ1n) is 11.1. The zero-order valence-electron chi connectivity index (χ0n) is 18.2. The van der Waals surface area contributed by atoms with Gasteiger partial charge in [-0.05, 0) is 69.3 Å². The van der Waals surface area contributed by atoms with E-state index in [2.05, 4.69) is 45.5 Å². The predicted molar refractivity (Wildman–Crippen MR) is 126 cm³/mol. The van der Waals surface area contributed by atoms with Gasteiger partial charge in [-0.3, -0.25) is 4.99 Å². The average Bonchev–Trinajstić information content (AvgIpc) is 2.77. The zero-order chi connectivity index (χ0) is 21.0. The fourth-order valence-corrected chi connectivity index (χ4v) is 4.11. The molecular weight excluding hydrogens is 372 g/mol. The summed E-state index contributed by atoms with van der Waals surface area (Å²) in [5.41, 5.74) is 9.57. The van der Waals surface area contributed by atoms with E-state index < -0.39 is 0 Å². The van der Waals surface area contributed by atoms with Crippen molar-refractivity contribution in [3.63, 3.8) is 0 Å². The van der Waals surface area contributed by atoms with E-state index in [1.807, 2.05) is 24.3 Å². The van der Waals surface area contributed by atoms with Crippen molar-refractivity contribution in [1.29, 1.82) is 0 Å². The Morgan fingerprint density at radius 1 is 1.07 bits per heavy atom. The molecule has 1 fully saturated rings. The molecule has 0 atom stereocenters. The molecule has 5 heteroatoms. The van der Waals surface area contributed by atoms with E-state index in [1.54, 1.807) is 7.11 Å². The number of anilines is 1. The van der Waals surface area contributed by atoms with Crippen LogP contribution in [0, 0.1) is 5.92 Å². The Kier molecular flexibility index (Phi) is 9.19. The second-order valence-electron chi connectivity index (χ2n) is 8.16. The van der Waals surface area contributed by atoms with E-state index in [0.717, 1.165) is 36.7 Å². The largest absolute Gasteiger partial charge is 0.380 e. The summed E-state index contributed by atoms with van der Waals surface area (Å²) in [5, 5.41) is 3.20. The van der Waals surface area contributed by atoms with Crippen LogP contribution in [0.25, 0.3) is 0 Å². The quantitative estimate of drug-likeness (QED) is 0.350. The standard InChI is InChI=1S/C25H36N4O/c1-30-20-23-11-5-6-12-24(23)28-25(26)27-15-7-8-16-29-17-13-22(14-18-29)19-21-9-3-2-4-10-21/h2-6,9-12,22H,7-8,13-20H2,1H3,(H3,26,27,28). The smallest absolute Gasteiger partial charge is 0.193 e. The molecule has 0 amide bonds. The molecule has 1 heterocycles. The summed E-state index contributed by atoms with van der Waals surface area (Å²) < 4.78 is 5.23. The Morgan fingerprint density at radius 3 is 2.57 bits per heavy atom. The van der Waals surface area contributed by atoms with Gasteiger partial charge >= 0.3 is 0 Å². The fourth-order valence-electron chi connectivity index (χ4n) is 4.11. The Bertz CT molecular complexity index is 770. The summed E-state index contributed by atoms with van der Waals surface area (Å²) in [6.45, 7) is 4.92. The third-order valence-electron chi connectivity index (χ3n) is 5.82. The van der Waals surface area contributed by atoms with Gasteiger partial charge in [-0.25, -0.2) is 0 Å². The monoisotopic (exact) mass is 408 g/mol. The summed E-state index contributed by atoms with van der Waals surface area (Å²) >= 11 is 0. The molecule has 0 aliphatic carbocycles. The van der Waals surface area contributed by atoms with E-state index in [1.165, 1.54) is 44.3 Å². The summed E-state index contributed by atoms with van der Waals surface area (Å²) in [7, 11) is 1.69. The van der Waals surface area contributed by atoms with Gasteiger partial charge in [0.05, 0.1) is 6.61 Å². The molecule has 0 saturated carbocycles. The maximum Gasteiger partial charge on any atom is 0.193 e. The van der Waals surface area contributed by atoms with Gasteiger partial charge in [0, 0.05) is 24.9 Å². The molecule has 0 spiro atoms. The highest BCUT2D eigenvalue weighted by Crippen LogP contribution is 2.22. The van der Waals surface area contributed by atoms with E-state index in [0.29, 0.717) is 12.6 Å². The highest BCUT2D eigenvalue weighted by Gasteiger charge is 2.18. The van der Waals surface area contributed by atoms with Crippen LogP contribution >= 0.6 is 0 Å². The average molecular weight is 409 g/mol. The topological polar surface area (TPSA) is 62.9 Å². The summed E-state index contributed by atoms with van der Waals surface area (Å²) in [4.78, 5) is 7.09. The molecule has 0 bridgehead atoms. The van der Waals surface area contributed by atoms with Gasteiger partial charge in [0.2, 0.25) is 0 Å². The third-order valence-corrected chi connectivity index (χ3v) is 5.82. The zero-order valence-corrected chi connectivity index (χ0v) is 18.2. The number of nitrogens with one attached hydrogen (secondary N) is 1. The van der Waals surface area contributed by atoms with Gasteiger partial charge in [-0.15, -0.1) is 0 Å². The molecule has 5 nitrogen and oxygen atoms in total. The number of hydrogen-bond acceptors (Lipinski definition) is 3. The van der Waals surface area contributed by atoms with Crippen molar-refractivity contribution in [2.45, 2.75) is 38.7 Å². The molecule has 1 saturated heterocycles. The van der Waals surface area contributed by atoms with Gasteiger partial charge in [0.15, 0.2) is 5.96 Å². The first-order valence-corrected chi connectivity index (χ1v) is 11.1. The number of benzene rings is 2. The summed E-state index contributed by atoms with van der Waals surface area (Å²) in [6.07, 6.45) is 6.07. The maximum absolute atomic E-state index is 6.06. The first-order chi connectivity index (χ1) is 14.7. The molecule has 3 rings (SSSR count). The number of hydrogen-bond donors (Lipinski definition) is 2.